The van der Waals surface area contributed by atoms with Crippen LogP contribution < -0.4 is 0 Å². The highest BCUT2D eigenvalue weighted by atomic mass is 79.9. The number of carbonyl (C=O) groups excluding carboxylic acids is 1. The summed E-state index contributed by atoms with van der Waals surface area (Å²) in [7, 11) is 0. The van der Waals surface area contributed by atoms with Gasteiger partial charge in [0.1, 0.15) is 0 Å². The number of aromatic nitrogens is 2. The number of aromatic amines is 1. The lowest BCUT2D eigenvalue weighted by atomic mass is 10.1. The molecular weight excluding hydrogens is 282 g/mol. The molecule has 1 fully saturated rings. The molecule has 1 aromatic heterocycles. The van der Waals surface area contributed by atoms with Gasteiger partial charge in [0.15, 0.2) is 0 Å². The molecule has 4 nitrogen and oxygen atoms in total. The number of fused-ring (bicyclic) bond motifs is 1. The van der Waals surface area contributed by atoms with E-state index in [1.54, 1.807) is 6.20 Å². The van der Waals surface area contributed by atoms with Crippen LogP contribution in [0.3, 0.4) is 0 Å². The number of rotatable bonds is 2. The summed E-state index contributed by atoms with van der Waals surface area (Å²) in [5.74, 6) is 0.219. The van der Waals surface area contributed by atoms with Crippen LogP contribution in [0, 0.1) is 0 Å². The molecule has 1 aliphatic heterocycles. The fourth-order valence-corrected chi connectivity index (χ4v) is 2.81. The molecule has 0 bridgehead atoms. The highest BCUT2D eigenvalue weighted by Gasteiger charge is 2.27. The van der Waals surface area contributed by atoms with Gasteiger partial charge in [-0.05, 0) is 11.6 Å². The summed E-state index contributed by atoms with van der Waals surface area (Å²) in [6.07, 6.45) is 2.40. The molecule has 0 saturated carbocycles. The van der Waals surface area contributed by atoms with Crippen LogP contribution in [0.5, 0.6) is 0 Å². The van der Waals surface area contributed by atoms with Gasteiger partial charge in [-0.25, -0.2) is 0 Å². The lowest BCUT2D eigenvalue weighted by Gasteiger charge is -2.15. The van der Waals surface area contributed by atoms with Crippen molar-refractivity contribution in [1.82, 2.24) is 15.1 Å². The molecule has 17 heavy (non-hydrogen) atoms. The van der Waals surface area contributed by atoms with E-state index in [1.807, 2.05) is 17.0 Å². The van der Waals surface area contributed by atoms with Crippen molar-refractivity contribution >= 4 is 32.7 Å². The Morgan fingerprint density at radius 2 is 2.41 bits per heavy atom. The van der Waals surface area contributed by atoms with E-state index in [-0.39, 0.29) is 5.91 Å². The van der Waals surface area contributed by atoms with E-state index in [9.17, 15) is 4.79 Å². The van der Waals surface area contributed by atoms with Gasteiger partial charge in [0, 0.05) is 29.7 Å². The molecule has 3 rings (SSSR count). The molecule has 88 valence electrons. The molecule has 1 aromatic carbocycles. The molecule has 1 saturated heterocycles. The zero-order valence-electron chi connectivity index (χ0n) is 9.19. The van der Waals surface area contributed by atoms with Gasteiger partial charge in [0.2, 0.25) is 5.91 Å². The number of alkyl halides is 1. The maximum absolute atomic E-state index is 11.7. The molecule has 2 heterocycles. The SMILES string of the molecule is O=C1CC(Br)CN1Cc1ccc2cn[nH]c2c1. The molecule has 0 radical (unpaired) electrons. The van der Waals surface area contributed by atoms with Gasteiger partial charge in [0.25, 0.3) is 0 Å². The van der Waals surface area contributed by atoms with Crippen LogP contribution in [0.15, 0.2) is 24.4 Å². The van der Waals surface area contributed by atoms with Gasteiger partial charge < -0.3 is 4.90 Å². The Morgan fingerprint density at radius 3 is 3.18 bits per heavy atom. The number of nitrogens with zero attached hydrogens (tertiary/aromatic N) is 2. The minimum atomic E-state index is 0.219. The zero-order chi connectivity index (χ0) is 11.8. The quantitative estimate of drug-likeness (QED) is 0.862. The monoisotopic (exact) mass is 293 g/mol. The third kappa shape index (κ3) is 2.07. The Kier molecular flexibility index (Phi) is 2.63. The lowest BCUT2D eigenvalue weighted by Crippen LogP contribution is -2.24. The Hall–Kier alpha value is -1.36. The Bertz CT molecular complexity index is 566. The van der Waals surface area contributed by atoms with Crippen LogP contribution in [-0.2, 0) is 11.3 Å². The zero-order valence-corrected chi connectivity index (χ0v) is 10.8. The third-order valence-corrected chi connectivity index (χ3v) is 3.66. The molecule has 1 N–H and O–H groups in total. The van der Waals surface area contributed by atoms with Crippen molar-refractivity contribution < 1.29 is 4.79 Å². The number of halogens is 1. The van der Waals surface area contributed by atoms with Crippen molar-refractivity contribution in [2.45, 2.75) is 17.8 Å². The predicted molar refractivity (Wildman–Crippen MR) is 68.8 cm³/mol. The maximum Gasteiger partial charge on any atom is 0.224 e. The van der Waals surface area contributed by atoms with Crippen LogP contribution in [0.1, 0.15) is 12.0 Å². The van der Waals surface area contributed by atoms with Crippen molar-refractivity contribution in [3.8, 4) is 0 Å². The first-order chi connectivity index (χ1) is 8.22. The number of nitrogens with one attached hydrogen (secondary N) is 1. The van der Waals surface area contributed by atoms with Crippen LogP contribution in [0.25, 0.3) is 10.9 Å². The van der Waals surface area contributed by atoms with Crippen LogP contribution in [0.4, 0.5) is 0 Å². The van der Waals surface area contributed by atoms with E-state index in [4.69, 9.17) is 0 Å². The molecular formula is C12H12BrN3O. The van der Waals surface area contributed by atoms with Crippen molar-refractivity contribution in [2.24, 2.45) is 0 Å². The first-order valence-corrected chi connectivity index (χ1v) is 6.48. The van der Waals surface area contributed by atoms with E-state index < -0.39 is 0 Å². The number of hydrogen-bond donors (Lipinski definition) is 1. The molecule has 1 aliphatic rings. The fraction of sp³-hybridized carbons (Fsp3) is 0.333. The molecule has 2 aromatic rings. The lowest BCUT2D eigenvalue weighted by molar-refractivity contribution is -0.128. The third-order valence-electron chi connectivity index (χ3n) is 3.05. The molecule has 1 unspecified atom stereocenters. The average molecular weight is 294 g/mol. The topological polar surface area (TPSA) is 49.0 Å². The average Bonchev–Trinajstić information content (AvgIpc) is 2.85. The Morgan fingerprint density at radius 1 is 1.53 bits per heavy atom. The van der Waals surface area contributed by atoms with Crippen LogP contribution in [0.2, 0.25) is 0 Å². The first-order valence-electron chi connectivity index (χ1n) is 5.56. The number of amides is 1. The van der Waals surface area contributed by atoms with Gasteiger partial charge in [0.05, 0.1) is 11.7 Å². The molecule has 1 atom stereocenters. The summed E-state index contributed by atoms with van der Waals surface area (Å²) in [6, 6.07) is 6.13. The number of hydrogen-bond acceptors (Lipinski definition) is 2. The largest absolute Gasteiger partial charge is 0.337 e. The van der Waals surface area contributed by atoms with Gasteiger partial charge in [-0.1, -0.05) is 28.1 Å². The molecule has 0 aliphatic carbocycles. The Labute approximate surface area is 107 Å². The molecule has 5 heteroatoms. The fourth-order valence-electron chi connectivity index (χ4n) is 2.18. The van der Waals surface area contributed by atoms with E-state index >= 15 is 0 Å². The Balaban J connectivity index is 1.82. The van der Waals surface area contributed by atoms with Gasteiger partial charge >= 0.3 is 0 Å². The summed E-state index contributed by atoms with van der Waals surface area (Å²) in [5.41, 5.74) is 2.15. The summed E-state index contributed by atoms with van der Waals surface area (Å²) in [6.45, 7) is 1.47. The highest BCUT2D eigenvalue weighted by molar-refractivity contribution is 9.09. The highest BCUT2D eigenvalue weighted by Crippen LogP contribution is 2.21. The van der Waals surface area contributed by atoms with Gasteiger partial charge in [-0.2, -0.15) is 5.10 Å². The summed E-state index contributed by atoms with van der Waals surface area (Å²) in [5, 5.41) is 8.03. The number of benzene rings is 1. The van der Waals surface area contributed by atoms with E-state index in [0.717, 1.165) is 23.0 Å². The summed E-state index contributed by atoms with van der Waals surface area (Å²) < 4.78 is 0. The standard InChI is InChI=1S/C12H12BrN3O/c13-10-4-12(17)16(7-10)6-8-1-2-9-5-14-15-11(9)3-8/h1-3,5,10H,4,6-7H2,(H,14,15). The van der Waals surface area contributed by atoms with Crippen LogP contribution in [-0.4, -0.2) is 32.4 Å². The smallest absolute Gasteiger partial charge is 0.224 e. The minimum absolute atomic E-state index is 0.219. The van der Waals surface area contributed by atoms with Crippen LogP contribution >= 0.6 is 15.9 Å². The van der Waals surface area contributed by atoms with Crippen molar-refractivity contribution in [3.05, 3.63) is 30.0 Å². The van der Waals surface area contributed by atoms with Gasteiger partial charge in [-0.15, -0.1) is 0 Å². The van der Waals surface area contributed by atoms with E-state index in [1.165, 1.54) is 0 Å². The summed E-state index contributed by atoms with van der Waals surface area (Å²) in [4.78, 5) is 13.9. The molecule has 1 amide bonds. The predicted octanol–water partition coefficient (Wildman–Crippen LogP) is 2.06. The number of H-pyrrole nitrogens is 1. The first kappa shape index (κ1) is 10.8. The minimum Gasteiger partial charge on any atom is -0.337 e. The number of likely N-dealkylation sites (tertiary alicyclic amines) is 1. The molecule has 0 spiro atoms. The normalized spacial score (nSPS) is 20.4. The van der Waals surface area contributed by atoms with Crippen molar-refractivity contribution in [2.75, 3.05) is 6.54 Å². The second-order valence-electron chi connectivity index (χ2n) is 4.37. The number of carbonyl (C=O) groups is 1. The second-order valence-corrected chi connectivity index (χ2v) is 5.66. The van der Waals surface area contributed by atoms with Crippen molar-refractivity contribution in [3.63, 3.8) is 0 Å². The summed E-state index contributed by atoms with van der Waals surface area (Å²) >= 11 is 3.49. The van der Waals surface area contributed by atoms with E-state index in [0.29, 0.717) is 17.8 Å². The van der Waals surface area contributed by atoms with Crippen molar-refractivity contribution in [1.29, 1.82) is 0 Å². The van der Waals surface area contributed by atoms with Gasteiger partial charge in [-0.3, -0.25) is 9.89 Å². The second kappa shape index (κ2) is 4.14. The maximum atomic E-state index is 11.7. The van der Waals surface area contributed by atoms with E-state index in [2.05, 4.69) is 32.2 Å².